The maximum Gasteiger partial charge on any atom is 0.491 e. The Kier molecular flexibility index (Phi) is 69.0. The first kappa shape index (κ1) is 107. The van der Waals surface area contributed by atoms with Crippen LogP contribution in [0.1, 0.15) is 139 Å². The number of alkyl halides is 3. The first-order chi connectivity index (χ1) is 47.3. The topological polar surface area (TPSA) is 328 Å². The van der Waals surface area contributed by atoms with Crippen molar-refractivity contribution in [2.75, 3.05) is 110 Å². The molecule has 1 fully saturated rings. The third-order valence-corrected chi connectivity index (χ3v) is 20.2. The Labute approximate surface area is 631 Å². The summed E-state index contributed by atoms with van der Waals surface area (Å²) in [7, 11) is -0.470. The van der Waals surface area contributed by atoms with Crippen LogP contribution in [0.3, 0.4) is 0 Å². The number of ketones is 1. The monoisotopic (exact) mass is 1660 g/mol. The summed E-state index contributed by atoms with van der Waals surface area (Å²) in [6.45, 7) is 26.8. The van der Waals surface area contributed by atoms with E-state index in [2.05, 4.69) is 53.1 Å². The second-order valence-electron chi connectivity index (χ2n) is 19.9. The highest BCUT2D eigenvalue weighted by Gasteiger charge is 2.43. The van der Waals surface area contributed by atoms with Crippen molar-refractivity contribution in [2.45, 2.75) is 160 Å². The van der Waals surface area contributed by atoms with Crippen molar-refractivity contribution >= 4 is 171 Å². The molecule has 0 radical (unpaired) electrons. The van der Waals surface area contributed by atoms with Gasteiger partial charge in [-0.3, -0.25) is 24.0 Å². The largest absolute Gasteiger partial charge is 0.491 e. The number of esters is 1. The molecule has 0 aromatic heterocycles. The second-order valence-corrected chi connectivity index (χ2v) is 33.8. The lowest BCUT2D eigenvalue weighted by Gasteiger charge is -2.20. The lowest BCUT2D eigenvalue weighted by Crippen LogP contribution is -2.29. The third-order valence-electron chi connectivity index (χ3n) is 11.5. The molecule has 580 valence electrons. The van der Waals surface area contributed by atoms with E-state index in [0.717, 1.165) is 34.0 Å². The Morgan fingerprint density at radius 2 is 0.911 bits per heavy atom. The maximum absolute atomic E-state index is 12.8. The number of aliphatic carboxylic acids is 3. The number of carboxylic acid groups (broad SMARTS) is 3. The number of halogens is 9. The number of hydrogen-bond donors (Lipinski definition) is 4. The minimum absolute atomic E-state index is 0.00351. The summed E-state index contributed by atoms with van der Waals surface area (Å²) in [6, 6.07) is 6.52. The highest BCUT2D eigenvalue weighted by Crippen LogP contribution is 2.48. The molecule has 1 heterocycles. The Balaban J connectivity index is -0.000000370. The van der Waals surface area contributed by atoms with Gasteiger partial charge in [-0.05, 0) is 105 Å². The van der Waals surface area contributed by atoms with Gasteiger partial charge in [0.05, 0.1) is 77.3 Å². The van der Waals surface area contributed by atoms with Crippen LogP contribution in [-0.2, 0) is 57.0 Å². The Morgan fingerprint density at radius 3 is 1.21 bits per heavy atom. The molecule has 1 aliphatic rings. The highest BCUT2D eigenvalue weighted by molar-refractivity contribution is 8.48. The van der Waals surface area contributed by atoms with Gasteiger partial charge in [-0.15, -0.1) is 35.3 Å². The number of hydrogen-bond acceptors (Lipinski definition) is 27. The van der Waals surface area contributed by atoms with Gasteiger partial charge in [-0.25, -0.2) is 18.0 Å². The number of rotatable bonds is 38. The molecule has 1 saturated heterocycles. The van der Waals surface area contributed by atoms with E-state index in [1.165, 1.54) is 103 Å². The van der Waals surface area contributed by atoms with Gasteiger partial charge in [0.15, 0.2) is 0 Å². The van der Waals surface area contributed by atoms with Crippen molar-refractivity contribution in [1.82, 2.24) is 4.90 Å². The van der Waals surface area contributed by atoms with Gasteiger partial charge in [0, 0.05) is 52.0 Å². The molecule has 0 bridgehead atoms. The summed E-state index contributed by atoms with van der Waals surface area (Å²) in [6.07, 6.45) is -0.601. The lowest BCUT2D eigenvalue weighted by molar-refractivity contribution is -0.190. The van der Waals surface area contributed by atoms with Gasteiger partial charge in [0.2, 0.25) is 34.8 Å². The van der Waals surface area contributed by atoms with Crippen LogP contribution in [0, 0.1) is 63.1 Å². The van der Waals surface area contributed by atoms with Gasteiger partial charge in [-0.1, -0.05) is 113 Å². The summed E-state index contributed by atoms with van der Waals surface area (Å²) in [5, 5.41) is 52.7. The molecule has 21 nitrogen and oxygen atoms in total. The van der Waals surface area contributed by atoms with Gasteiger partial charge in [-0.2, -0.15) is 41.9 Å². The molecule has 0 aliphatic carbocycles. The minimum atomic E-state index is -5.65. The molecule has 2 rings (SSSR count). The molecule has 0 saturated carbocycles. The number of ether oxygens (including phenoxy) is 6. The molecule has 1 aromatic carbocycles. The number of benzene rings is 1. The quantitative estimate of drug-likeness (QED) is 0.00698. The lowest BCUT2D eigenvalue weighted by atomic mass is 10.0. The zero-order valence-corrected chi connectivity index (χ0v) is 67.0. The highest BCUT2D eigenvalue weighted by atomic mass is 32.2. The van der Waals surface area contributed by atoms with Crippen LogP contribution in [0.25, 0.3) is 0 Å². The van der Waals surface area contributed by atoms with E-state index in [0.29, 0.717) is 85.3 Å². The van der Waals surface area contributed by atoms with Crippen LogP contribution in [-0.4, -0.2) is 196 Å². The summed E-state index contributed by atoms with van der Waals surface area (Å²) in [5.41, 5.74) is 5.17. The molecule has 5 unspecified atom stereocenters. The Hall–Kier alpha value is -2.97. The smallest absolute Gasteiger partial charge is 0.481 e. The van der Waals surface area contributed by atoms with Gasteiger partial charge in [0.25, 0.3) is 8.15 Å². The fraction of sp³-hybridized carbons (Fsp3) is 0.700. The molecule has 41 heteroatoms. The van der Waals surface area contributed by atoms with Crippen molar-refractivity contribution in [3.05, 3.63) is 29.1 Å². The first-order valence-electron chi connectivity index (χ1n) is 30.8. The molecular formula is C60H92F9N5O16P2S9. The maximum atomic E-state index is 12.8. The zero-order chi connectivity index (χ0) is 78.6. The number of nitrogens with zero attached hydrogens (tertiary/aromatic N) is 4. The van der Waals surface area contributed by atoms with Crippen LogP contribution in [0.2, 0.25) is 0 Å². The average molecular weight is 1660 g/mol. The number of thioether (sulfide) groups is 6. The summed E-state index contributed by atoms with van der Waals surface area (Å²) < 4.78 is 143. The molecule has 101 heavy (non-hydrogen) atoms. The van der Waals surface area contributed by atoms with Crippen LogP contribution in [0.15, 0.2) is 0 Å². The van der Waals surface area contributed by atoms with Gasteiger partial charge in [0.1, 0.15) is 30.6 Å². The Morgan fingerprint density at radius 1 is 0.564 bits per heavy atom. The third kappa shape index (κ3) is 62.9. The van der Waals surface area contributed by atoms with E-state index in [-0.39, 0.29) is 51.1 Å². The van der Waals surface area contributed by atoms with E-state index in [4.69, 9.17) is 91.9 Å². The number of carboxylic acids is 3. The Bertz CT molecular complexity index is 2690. The van der Waals surface area contributed by atoms with Crippen LogP contribution >= 0.6 is 124 Å². The van der Waals surface area contributed by atoms with Crippen molar-refractivity contribution < 1.29 is 116 Å². The standard InChI is InChI=1S/C17H27NO5S3.C9H14FNO2P2S3.C9H13NO2S3.C8F8O2.C7H15NO4.C6H15N.C4H8O/c1-3-25-16(24)26-17(2,13-18)8-6-14(19)5-4-9-22-11-12-23-10-7-15(20)21;1-3-17-8(16)18-9(2,6-11)5-4-7(12)13-15(10)14;1-3-14-8(13)15-9(2,6-10)5-4-7(11)12;9-1-2(10)4(12)6(5(13)3(1)11)18-7(17)8(14,15)16;8-2-4-12-6-5-11-3-1-7(9)10;1-4-7(5-2)6-3;1-2-4-5-3-1/h3-12H2,1-2H3,(H,20,21);3-5,14H2,1-2H3;3-5H2,1-2H3,(H,11,12);;1-6,8H2,(H,9,10);4-6H2,1-3H3;1-4H2. The normalized spacial score (nSPS) is 13.3. The molecule has 5 N–H and O–H groups in total. The van der Waals surface area contributed by atoms with E-state index in [1.807, 2.05) is 27.7 Å². The number of nitriles is 3. The minimum Gasteiger partial charge on any atom is -0.481 e. The zero-order valence-electron chi connectivity index (χ0n) is 57.6. The van der Waals surface area contributed by atoms with Crippen LogP contribution < -0.4 is 10.5 Å². The SMILES string of the molecule is C1CCOC1.CCN(CC)CC.CCSC(=S)SC(C)(C#N)CCC(=O)CCCOCCOCCC(=O)O.CCSC(=S)SC(C)(C#N)CCC(=O)O.CCSC(=S)SC(C)(C#N)CCC(=O)OP(F)P.NCCOCCOCCC(=O)O.O=C(Oc1c(F)c(F)c(F)c(F)c1F)C(F)(F)F. The van der Waals surface area contributed by atoms with Crippen LogP contribution in [0.5, 0.6) is 5.75 Å². The summed E-state index contributed by atoms with van der Waals surface area (Å²) >= 11 is 23.9. The second kappa shape index (κ2) is 65.3. The molecule has 0 amide bonds. The molecule has 1 aliphatic heterocycles. The molecule has 5 atom stereocenters. The van der Waals surface area contributed by atoms with Crippen molar-refractivity contribution in [1.29, 1.82) is 15.8 Å². The van der Waals surface area contributed by atoms with Gasteiger partial charge < -0.3 is 58.9 Å². The van der Waals surface area contributed by atoms with Crippen molar-refractivity contribution in [3.63, 3.8) is 0 Å². The summed E-state index contributed by atoms with van der Waals surface area (Å²) in [4.78, 5) is 66.5. The summed E-state index contributed by atoms with van der Waals surface area (Å²) in [5.74, 6) is -19.0. The predicted octanol–water partition coefficient (Wildman–Crippen LogP) is 15.5. The van der Waals surface area contributed by atoms with E-state index in [1.54, 1.807) is 22.8 Å². The predicted molar refractivity (Wildman–Crippen MR) is 399 cm³/mol. The van der Waals surface area contributed by atoms with E-state index < -0.39 is 93.2 Å². The number of carbonyl (C=O) groups is 6. The van der Waals surface area contributed by atoms with E-state index in [9.17, 15) is 73.3 Å². The first-order valence-corrected chi connectivity index (χ1v) is 40.2. The van der Waals surface area contributed by atoms with Crippen molar-refractivity contribution in [3.8, 4) is 24.0 Å². The molecular weight excluding hydrogens is 1570 g/mol. The fourth-order valence-corrected chi connectivity index (χ4v) is 15.5. The van der Waals surface area contributed by atoms with Gasteiger partial charge >= 0.3 is 36.0 Å². The molecule has 0 spiro atoms. The van der Waals surface area contributed by atoms with Crippen LogP contribution in [0.4, 0.5) is 39.3 Å². The number of carbonyl (C=O) groups excluding carboxylic acids is 3. The van der Waals surface area contributed by atoms with E-state index >= 15 is 0 Å². The number of thiocarbonyl (C=S) groups is 3. The number of Topliss-reactive ketones (excluding diaryl/α,β-unsaturated/α-hetero) is 1. The average Bonchev–Trinajstić information content (AvgIpc) is 0.941. The molecule has 1 aromatic rings. The van der Waals surface area contributed by atoms with Crippen molar-refractivity contribution in [2.24, 2.45) is 5.73 Å². The number of nitrogens with two attached hydrogens (primary N) is 1. The fourth-order valence-electron chi connectivity index (χ4n) is 6.14.